The van der Waals surface area contributed by atoms with Crippen LogP contribution in [0.4, 0.5) is 0 Å². The van der Waals surface area contributed by atoms with Crippen molar-refractivity contribution in [3.8, 4) is 0 Å². The Labute approximate surface area is 85.5 Å². The monoisotopic (exact) mass is 217 g/mol. The topological polar surface area (TPSA) is 72.7 Å². The summed E-state index contributed by atoms with van der Waals surface area (Å²) in [6.45, 7) is 2.57. The average Bonchev–Trinajstić information content (AvgIpc) is 2.51. The molecule has 0 aliphatic carbocycles. The lowest BCUT2D eigenvalue weighted by Crippen LogP contribution is -2.20. The summed E-state index contributed by atoms with van der Waals surface area (Å²) in [7, 11) is 1.01. The molecular weight excluding hydrogens is 202 g/mol. The van der Waals surface area contributed by atoms with Crippen molar-refractivity contribution in [2.45, 2.75) is 19.5 Å². The molecular formula is C7H15N5OS. The molecule has 0 saturated carbocycles. The van der Waals surface area contributed by atoms with Crippen molar-refractivity contribution < 1.29 is 4.21 Å². The summed E-state index contributed by atoms with van der Waals surface area (Å²) >= 11 is 0. The SMILES string of the molecule is CNCc1nnnn1C(C)CS(C)=O. The molecule has 0 spiro atoms. The predicted octanol–water partition coefficient (Wildman–Crippen LogP) is -0.668. The van der Waals surface area contributed by atoms with Gasteiger partial charge in [0.05, 0.1) is 12.6 Å². The van der Waals surface area contributed by atoms with Crippen molar-refractivity contribution in [3.05, 3.63) is 5.82 Å². The van der Waals surface area contributed by atoms with Crippen LogP contribution in [-0.4, -0.2) is 43.5 Å². The van der Waals surface area contributed by atoms with E-state index in [1.54, 1.807) is 10.9 Å². The number of aromatic nitrogens is 4. The van der Waals surface area contributed by atoms with Gasteiger partial charge in [-0.3, -0.25) is 4.21 Å². The molecule has 1 rings (SSSR count). The van der Waals surface area contributed by atoms with Gasteiger partial charge in [0.1, 0.15) is 0 Å². The molecule has 7 heteroatoms. The summed E-state index contributed by atoms with van der Waals surface area (Å²) in [5.41, 5.74) is 0. The fourth-order valence-corrected chi connectivity index (χ4v) is 2.06. The molecule has 1 heterocycles. The van der Waals surface area contributed by atoms with Crippen molar-refractivity contribution in [1.82, 2.24) is 25.5 Å². The highest BCUT2D eigenvalue weighted by molar-refractivity contribution is 7.84. The van der Waals surface area contributed by atoms with Crippen LogP contribution in [-0.2, 0) is 17.3 Å². The Balaban J connectivity index is 2.72. The van der Waals surface area contributed by atoms with Gasteiger partial charge in [0, 0.05) is 22.8 Å². The van der Waals surface area contributed by atoms with Crippen molar-refractivity contribution in [1.29, 1.82) is 0 Å². The number of nitrogens with zero attached hydrogens (tertiary/aromatic N) is 4. The number of hydrogen-bond donors (Lipinski definition) is 1. The third-order valence-corrected chi connectivity index (χ3v) is 2.74. The lowest BCUT2D eigenvalue weighted by Gasteiger charge is -2.11. The zero-order valence-electron chi connectivity index (χ0n) is 8.60. The van der Waals surface area contributed by atoms with Gasteiger partial charge in [0.25, 0.3) is 0 Å². The van der Waals surface area contributed by atoms with Crippen LogP contribution >= 0.6 is 0 Å². The second-order valence-electron chi connectivity index (χ2n) is 3.16. The Morgan fingerprint density at radius 2 is 2.36 bits per heavy atom. The van der Waals surface area contributed by atoms with Gasteiger partial charge in [0.2, 0.25) is 0 Å². The second-order valence-corrected chi connectivity index (χ2v) is 4.64. The van der Waals surface area contributed by atoms with Crippen molar-refractivity contribution in [2.75, 3.05) is 19.1 Å². The average molecular weight is 217 g/mol. The van der Waals surface area contributed by atoms with Gasteiger partial charge < -0.3 is 5.32 Å². The minimum absolute atomic E-state index is 0.0687. The second kappa shape index (κ2) is 5.16. The Morgan fingerprint density at radius 1 is 1.64 bits per heavy atom. The van der Waals surface area contributed by atoms with Crippen LogP contribution in [0.25, 0.3) is 0 Å². The van der Waals surface area contributed by atoms with E-state index >= 15 is 0 Å². The molecule has 2 unspecified atom stereocenters. The van der Waals surface area contributed by atoms with Crippen LogP contribution in [0.3, 0.4) is 0 Å². The molecule has 1 aromatic rings. The molecule has 0 saturated heterocycles. The highest BCUT2D eigenvalue weighted by Crippen LogP contribution is 2.06. The van der Waals surface area contributed by atoms with Gasteiger partial charge in [-0.1, -0.05) is 0 Å². The van der Waals surface area contributed by atoms with Gasteiger partial charge in [-0.25, -0.2) is 4.68 Å². The van der Waals surface area contributed by atoms with Crippen LogP contribution in [0.2, 0.25) is 0 Å². The van der Waals surface area contributed by atoms with E-state index in [1.807, 2.05) is 14.0 Å². The van der Waals surface area contributed by atoms with E-state index in [4.69, 9.17) is 0 Å². The van der Waals surface area contributed by atoms with E-state index in [1.165, 1.54) is 0 Å². The summed E-state index contributed by atoms with van der Waals surface area (Å²) in [6, 6.07) is 0.0687. The number of hydrogen-bond acceptors (Lipinski definition) is 5. The van der Waals surface area contributed by atoms with Crippen LogP contribution in [0.5, 0.6) is 0 Å². The standard InChI is InChI=1S/C7H15N5OS/c1-6(5-14(3)13)12-7(4-8-2)9-10-11-12/h6,8H,4-5H2,1-3H3. The molecule has 14 heavy (non-hydrogen) atoms. The highest BCUT2D eigenvalue weighted by atomic mass is 32.2. The van der Waals surface area contributed by atoms with E-state index in [0.29, 0.717) is 12.3 Å². The first-order valence-corrected chi connectivity index (χ1v) is 6.09. The summed E-state index contributed by atoms with van der Waals surface area (Å²) < 4.78 is 12.7. The maximum atomic E-state index is 11.0. The summed E-state index contributed by atoms with van der Waals surface area (Å²) in [4.78, 5) is 0. The molecule has 2 atom stereocenters. The van der Waals surface area contributed by atoms with E-state index in [0.717, 1.165) is 5.82 Å². The third kappa shape index (κ3) is 2.85. The number of tetrazole rings is 1. The number of rotatable bonds is 5. The van der Waals surface area contributed by atoms with Crippen LogP contribution in [0, 0.1) is 0 Å². The molecule has 0 radical (unpaired) electrons. The quantitative estimate of drug-likeness (QED) is 0.708. The normalized spacial score (nSPS) is 15.4. The summed E-state index contributed by atoms with van der Waals surface area (Å²) in [5, 5.41) is 14.3. The van der Waals surface area contributed by atoms with Crippen molar-refractivity contribution >= 4 is 10.8 Å². The molecule has 80 valence electrons. The zero-order valence-corrected chi connectivity index (χ0v) is 9.41. The Bertz CT molecular complexity index is 313. The van der Waals surface area contributed by atoms with Gasteiger partial charge in [0.15, 0.2) is 5.82 Å². The smallest absolute Gasteiger partial charge is 0.165 e. The lowest BCUT2D eigenvalue weighted by molar-refractivity contribution is 0.489. The highest BCUT2D eigenvalue weighted by Gasteiger charge is 2.13. The first-order chi connectivity index (χ1) is 6.65. The summed E-state index contributed by atoms with van der Waals surface area (Å²) in [5.74, 6) is 1.34. The minimum Gasteiger partial charge on any atom is -0.313 e. The predicted molar refractivity (Wildman–Crippen MR) is 54.2 cm³/mol. The maximum absolute atomic E-state index is 11.0. The van der Waals surface area contributed by atoms with E-state index < -0.39 is 10.8 Å². The van der Waals surface area contributed by atoms with Gasteiger partial charge in [-0.05, 0) is 24.4 Å². The molecule has 0 aliphatic heterocycles. The Morgan fingerprint density at radius 3 is 2.93 bits per heavy atom. The van der Waals surface area contributed by atoms with Crippen molar-refractivity contribution in [2.24, 2.45) is 0 Å². The van der Waals surface area contributed by atoms with Gasteiger partial charge in [-0.2, -0.15) is 0 Å². The van der Waals surface area contributed by atoms with E-state index in [2.05, 4.69) is 20.8 Å². The largest absolute Gasteiger partial charge is 0.313 e. The van der Waals surface area contributed by atoms with Crippen LogP contribution in [0.1, 0.15) is 18.8 Å². The van der Waals surface area contributed by atoms with E-state index in [9.17, 15) is 4.21 Å². The molecule has 0 bridgehead atoms. The Hall–Kier alpha value is -0.820. The van der Waals surface area contributed by atoms with Crippen molar-refractivity contribution in [3.63, 3.8) is 0 Å². The molecule has 1 N–H and O–H groups in total. The molecule has 0 fully saturated rings. The van der Waals surface area contributed by atoms with Crippen LogP contribution < -0.4 is 5.32 Å². The molecule has 0 aliphatic rings. The van der Waals surface area contributed by atoms with E-state index in [-0.39, 0.29) is 6.04 Å². The number of nitrogens with one attached hydrogen (secondary N) is 1. The fraction of sp³-hybridized carbons (Fsp3) is 0.857. The fourth-order valence-electron chi connectivity index (χ4n) is 1.24. The lowest BCUT2D eigenvalue weighted by atomic mass is 10.4. The first-order valence-electron chi connectivity index (χ1n) is 4.36. The first kappa shape index (κ1) is 11.3. The van der Waals surface area contributed by atoms with Gasteiger partial charge in [-0.15, -0.1) is 5.10 Å². The Kier molecular flexibility index (Phi) is 4.15. The molecule has 0 aromatic carbocycles. The van der Waals surface area contributed by atoms with Gasteiger partial charge >= 0.3 is 0 Å². The zero-order chi connectivity index (χ0) is 10.6. The molecule has 0 amide bonds. The summed E-state index contributed by atoms with van der Waals surface area (Å²) in [6.07, 6.45) is 1.68. The molecule has 1 aromatic heterocycles. The third-order valence-electron chi connectivity index (χ3n) is 1.79. The minimum atomic E-state index is -0.829. The maximum Gasteiger partial charge on any atom is 0.165 e. The van der Waals surface area contributed by atoms with Crippen LogP contribution in [0.15, 0.2) is 0 Å². The molecule has 6 nitrogen and oxygen atoms in total.